The van der Waals surface area contributed by atoms with Crippen LogP contribution in [0.2, 0.25) is 0 Å². The minimum absolute atomic E-state index is 0.0812. The third-order valence-electron chi connectivity index (χ3n) is 7.21. The zero-order valence-corrected chi connectivity index (χ0v) is 20.8. The fourth-order valence-electron chi connectivity index (χ4n) is 5.33. The van der Waals surface area contributed by atoms with Crippen LogP contribution >= 0.6 is 0 Å². The van der Waals surface area contributed by atoms with E-state index < -0.39 is 16.1 Å². The summed E-state index contributed by atoms with van der Waals surface area (Å²) >= 11 is 0. The van der Waals surface area contributed by atoms with Crippen LogP contribution in [0.5, 0.6) is 5.75 Å². The van der Waals surface area contributed by atoms with Gasteiger partial charge < -0.3 is 14.8 Å². The SMILES string of the molecule is COc1cccc(COC(C)C(=O)Nc2ccc(S(=O)(=O)NC(C)C3CC4CCC3C4)cc2)c1. The lowest BCUT2D eigenvalue weighted by molar-refractivity contribution is -0.127. The summed E-state index contributed by atoms with van der Waals surface area (Å²) in [5.41, 5.74) is 1.42. The molecule has 0 saturated heterocycles. The fraction of sp³-hybridized carbons (Fsp3) is 0.500. The molecule has 4 rings (SSSR count). The van der Waals surface area contributed by atoms with E-state index in [1.165, 1.54) is 31.4 Å². The summed E-state index contributed by atoms with van der Waals surface area (Å²) in [6.07, 6.45) is 4.19. The Morgan fingerprint density at radius 1 is 1.09 bits per heavy atom. The highest BCUT2D eigenvalue weighted by atomic mass is 32.2. The molecule has 1 amide bonds. The Labute approximate surface area is 202 Å². The van der Waals surface area contributed by atoms with Crippen molar-refractivity contribution in [1.82, 2.24) is 4.72 Å². The molecule has 5 unspecified atom stereocenters. The lowest BCUT2D eigenvalue weighted by Crippen LogP contribution is -2.40. The molecule has 5 atom stereocenters. The first kappa shape index (κ1) is 24.7. The van der Waals surface area contributed by atoms with Crippen molar-refractivity contribution in [2.24, 2.45) is 17.8 Å². The number of nitrogens with one attached hydrogen (secondary N) is 2. The summed E-state index contributed by atoms with van der Waals surface area (Å²) in [6, 6.07) is 13.6. The van der Waals surface area contributed by atoms with Crippen molar-refractivity contribution < 1.29 is 22.7 Å². The first-order valence-corrected chi connectivity index (χ1v) is 13.4. The Bertz CT molecular complexity index is 1100. The Hall–Kier alpha value is -2.42. The largest absolute Gasteiger partial charge is 0.497 e. The topological polar surface area (TPSA) is 93.7 Å². The zero-order valence-electron chi connectivity index (χ0n) is 20.0. The second-order valence-electron chi connectivity index (χ2n) is 9.57. The normalized spacial score (nSPS) is 23.4. The number of amides is 1. The van der Waals surface area contributed by atoms with Crippen LogP contribution in [-0.4, -0.2) is 33.6 Å². The summed E-state index contributed by atoms with van der Waals surface area (Å²) in [4.78, 5) is 12.7. The number of benzene rings is 2. The molecule has 2 aliphatic carbocycles. The fourth-order valence-corrected chi connectivity index (χ4v) is 6.62. The van der Waals surface area contributed by atoms with Crippen LogP contribution in [0.25, 0.3) is 0 Å². The molecule has 0 radical (unpaired) electrons. The monoisotopic (exact) mass is 486 g/mol. The van der Waals surface area contributed by atoms with E-state index in [2.05, 4.69) is 10.0 Å². The molecule has 8 heteroatoms. The minimum Gasteiger partial charge on any atom is -0.497 e. The van der Waals surface area contributed by atoms with E-state index in [9.17, 15) is 13.2 Å². The second-order valence-corrected chi connectivity index (χ2v) is 11.3. The summed E-state index contributed by atoms with van der Waals surface area (Å²) in [5.74, 6) is 2.26. The van der Waals surface area contributed by atoms with Gasteiger partial charge in [0.2, 0.25) is 10.0 Å². The van der Waals surface area contributed by atoms with Gasteiger partial charge in [0.05, 0.1) is 18.6 Å². The Balaban J connectivity index is 1.29. The van der Waals surface area contributed by atoms with E-state index in [1.54, 1.807) is 26.2 Å². The maximum Gasteiger partial charge on any atom is 0.253 e. The van der Waals surface area contributed by atoms with Crippen molar-refractivity contribution in [3.63, 3.8) is 0 Å². The van der Waals surface area contributed by atoms with Crippen LogP contribution < -0.4 is 14.8 Å². The van der Waals surface area contributed by atoms with Gasteiger partial charge in [-0.3, -0.25) is 4.79 Å². The van der Waals surface area contributed by atoms with Gasteiger partial charge in [-0.15, -0.1) is 0 Å². The second kappa shape index (κ2) is 10.5. The van der Waals surface area contributed by atoms with E-state index in [4.69, 9.17) is 9.47 Å². The molecule has 2 aliphatic rings. The number of ether oxygens (including phenoxy) is 2. The van der Waals surface area contributed by atoms with E-state index in [0.29, 0.717) is 17.5 Å². The number of hydrogen-bond donors (Lipinski definition) is 2. The highest BCUT2D eigenvalue weighted by molar-refractivity contribution is 7.89. The van der Waals surface area contributed by atoms with Crippen LogP contribution in [0.15, 0.2) is 53.4 Å². The van der Waals surface area contributed by atoms with Gasteiger partial charge in [-0.2, -0.15) is 0 Å². The number of sulfonamides is 1. The van der Waals surface area contributed by atoms with Gasteiger partial charge >= 0.3 is 0 Å². The number of anilines is 1. The molecule has 0 aliphatic heterocycles. The Kier molecular flexibility index (Phi) is 7.60. The van der Waals surface area contributed by atoms with Crippen molar-refractivity contribution in [3.05, 3.63) is 54.1 Å². The highest BCUT2D eigenvalue weighted by Gasteiger charge is 2.42. The number of carbonyl (C=O) groups is 1. The number of rotatable bonds is 10. The molecular formula is C26H34N2O5S. The molecule has 7 nitrogen and oxygen atoms in total. The molecule has 2 saturated carbocycles. The third kappa shape index (κ3) is 5.79. The quantitative estimate of drug-likeness (QED) is 0.521. The number of fused-ring (bicyclic) bond motifs is 2. The van der Waals surface area contributed by atoms with Crippen molar-refractivity contribution in [1.29, 1.82) is 0 Å². The molecule has 2 N–H and O–H groups in total. The smallest absolute Gasteiger partial charge is 0.253 e. The van der Waals surface area contributed by atoms with Crippen molar-refractivity contribution in [2.75, 3.05) is 12.4 Å². The van der Waals surface area contributed by atoms with E-state index in [-0.39, 0.29) is 23.5 Å². The lowest BCUT2D eigenvalue weighted by Gasteiger charge is -2.28. The molecule has 184 valence electrons. The van der Waals surface area contributed by atoms with Gasteiger partial charge in [0.1, 0.15) is 11.9 Å². The third-order valence-corrected chi connectivity index (χ3v) is 8.79. The number of hydrogen-bond acceptors (Lipinski definition) is 5. The van der Waals surface area contributed by atoms with Crippen LogP contribution in [0.4, 0.5) is 5.69 Å². The maximum absolute atomic E-state index is 12.9. The van der Waals surface area contributed by atoms with E-state index in [0.717, 1.165) is 23.7 Å². The Morgan fingerprint density at radius 3 is 2.50 bits per heavy atom. The van der Waals surface area contributed by atoms with Crippen LogP contribution in [0.1, 0.15) is 45.1 Å². The van der Waals surface area contributed by atoms with Crippen molar-refractivity contribution in [2.45, 2.75) is 63.2 Å². The van der Waals surface area contributed by atoms with Gasteiger partial charge in [0.15, 0.2) is 0 Å². The molecule has 0 heterocycles. The molecule has 2 bridgehead atoms. The van der Waals surface area contributed by atoms with Crippen molar-refractivity contribution >= 4 is 21.6 Å². The summed E-state index contributed by atoms with van der Waals surface area (Å²) < 4.78 is 39.5. The van der Waals surface area contributed by atoms with Crippen LogP contribution in [0, 0.1) is 17.8 Å². The number of methoxy groups -OCH3 is 1. The predicted octanol–water partition coefficient (Wildman–Crippen LogP) is 4.34. The van der Waals surface area contributed by atoms with E-state index in [1.807, 2.05) is 31.2 Å². The summed E-state index contributed by atoms with van der Waals surface area (Å²) in [5, 5.41) is 2.78. The van der Waals surface area contributed by atoms with Crippen LogP contribution in [0.3, 0.4) is 0 Å². The average Bonchev–Trinajstić information content (AvgIpc) is 3.47. The van der Waals surface area contributed by atoms with Gasteiger partial charge in [0, 0.05) is 11.7 Å². The molecule has 34 heavy (non-hydrogen) atoms. The zero-order chi connectivity index (χ0) is 24.3. The average molecular weight is 487 g/mol. The van der Waals surface area contributed by atoms with Crippen molar-refractivity contribution in [3.8, 4) is 5.75 Å². The minimum atomic E-state index is -3.62. The Morgan fingerprint density at radius 2 is 1.85 bits per heavy atom. The lowest BCUT2D eigenvalue weighted by atomic mass is 9.84. The predicted molar refractivity (Wildman–Crippen MR) is 131 cm³/mol. The standard InChI is InChI=1S/C26H34N2O5S/c1-17(25-15-19-7-8-21(25)13-19)28-34(30,31)24-11-9-22(10-12-24)27-26(29)18(2)33-16-20-5-4-6-23(14-20)32-3/h4-6,9-12,14,17-19,21,25,28H,7-8,13,15-16H2,1-3H3,(H,27,29). The first-order chi connectivity index (χ1) is 16.2. The van der Waals surface area contributed by atoms with Gasteiger partial charge in [-0.05, 0) is 92.8 Å². The summed E-state index contributed by atoms with van der Waals surface area (Å²) in [7, 11) is -2.02. The highest BCUT2D eigenvalue weighted by Crippen LogP contribution is 2.49. The maximum atomic E-state index is 12.9. The first-order valence-electron chi connectivity index (χ1n) is 11.9. The molecular weight excluding hydrogens is 452 g/mol. The molecule has 2 fully saturated rings. The van der Waals surface area contributed by atoms with E-state index >= 15 is 0 Å². The van der Waals surface area contributed by atoms with Gasteiger partial charge in [-0.25, -0.2) is 13.1 Å². The molecule has 0 aromatic heterocycles. The van der Waals surface area contributed by atoms with Crippen LogP contribution in [-0.2, 0) is 26.2 Å². The molecule has 2 aromatic carbocycles. The van der Waals surface area contributed by atoms with Gasteiger partial charge in [0.25, 0.3) is 5.91 Å². The molecule has 0 spiro atoms. The summed E-state index contributed by atoms with van der Waals surface area (Å²) in [6.45, 7) is 3.93. The van der Waals surface area contributed by atoms with Gasteiger partial charge in [-0.1, -0.05) is 18.6 Å². The number of carbonyl (C=O) groups excluding carboxylic acids is 1. The molecule has 2 aromatic rings.